The first kappa shape index (κ1) is 16.3. The Kier molecular flexibility index (Phi) is 4.71. The van der Waals surface area contributed by atoms with Crippen LogP contribution in [-0.2, 0) is 0 Å². The Hall–Kier alpha value is -2.54. The smallest absolute Gasteiger partial charge is 0.222 e. The van der Waals surface area contributed by atoms with Crippen LogP contribution in [0.25, 0.3) is 11.1 Å². The molecule has 128 valence electrons. The van der Waals surface area contributed by atoms with E-state index in [0.29, 0.717) is 24.1 Å². The van der Waals surface area contributed by atoms with Gasteiger partial charge in [0, 0.05) is 31.6 Å². The molecule has 1 aliphatic rings. The highest BCUT2D eigenvalue weighted by Crippen LogP contribution is 2.36. The molecular weight excluding hydrogens is 306 g/mol. The number of hydrogen-bond donors (Lipinski definition) is 3. The Morgan fingerprint density at radius 2 is 2.08 bits per heavy atom. The number of nitrogens with zero attached hydrogens (tertiary/aromatic N) is 2. The van der Waals surface area contributed by atoms with Crippen LogP contribution in [0.5, 0.6) is 11.5 Å². The highest BCUT2D eigenvalue weighted by molar-refractivity contribution is 5.79. The maximum Gasteiger partial charge on any atom is 0.222 e. The molecule has 1 aromatic heterocycles. The minimum atomic E-state index is 0.253. The molecule has 7 nitrogen and oxygen atoms in total. The summed E-state index contributed by atoms with van der Waals surface area (Å²) in [5, 5.41) is 6.32. The topological polar surface area (TPSA) is 94.3 Å². The molecule has 2 aromatic rings. The molecule has 0 radical (unpaired) electrons. The van der Waals surface area contributed by atoms with Crippen molar-refractivity contribution in [3.05, 3.63) is 23.9 Å². The molecule has 1 aliphatic heterocycles. The zero-order valence-corrected chi connectivity index (χ0v) is 14.2. The largest absolute Gasteiger partial charge is 0.493 e. The average Bonchev–Trinajstić information content (AvgIpc) is 2.52. The van der Waals surface area contributed by atoms with Gasteiger partial charge >= 0.3 is 0 Å². The van der Waals surface area contributed by atoms with Crippen molar-refractivity contribution in [3.8, 4) is 22.6 Å². The molecule has 0 spiro atoms. The minimum absolute atomic E-state index is 0.253. The summed E-state index contributed by atoms with van der Waals surface area (Å²) in [6.45, 7) is 4.58. The summed E-state index contributed by atoms with van der Waals surface area (Å²) in [5.41, 5.74) is 8.42. The van der Waals surface area contributed by atoms with Gasteiger partial charge in [0.25, 0.3) is 0 Å². The third-order valence-electron chi connectivity index (χ3n) is 4.14. The molecule has 1 fully saturated rings. The second-order valence-corrected chi connectivity index (χ2v) is 5.84. The number of rotatable bonds is 6. The molecule has 0 unspecified atom stereocenters. The van der Waals surface area contributed by atoms with Gasteiger partial charge in [0.05, 0.1) is 19.4 Å². The lowest BCUT2D eigenvalue weighted by Gasteiger charge is -2.27. The number of methoxy groups -OCH3 is 1. The molecule has 0 amide bonds. The van der Waals surface area contributed by atoms with Gasteiger partial charge in [-0.3, -0.25) is 0 Å². The SMILES string of the molecule is CNc1nc(N)nc(C)c1-c1ccc(OC)c(OCC2CNC2)c1. The van der Waals surface area contributed by atoms with Crippen molar-refractivity contribution in [3.63, 3.8) is 0 Å². The second kappa shape index (κ2) is 6.92. The van der Waals surface area contributed by atoms with E-state index in [1.165, 1.54) is 0 Å². The fourth-order valence-electron chi connectivity index (χ4n) is 2.74. The van der Waals surface area contributed by atoms with E-state index in [0.717, 1.165) is 35.7 Å². The monoisotopic (exact) mass is 329 g/mol. The number of aromatic nitrogens is 2. The number of ether oxygens (including phenoxy) is 2. The Labute approximate surface area is 141 Å². The van der Waals surface area contributed by atoms with Crippen LogP contribution in [0, 0.1) is 12.8 Å². The van der Waals surface area contributed by atoms with E-state index in [1.54, 1.807) is 7.11 Å². The van der Waals surface area contributed by atoms with Gasteiger partial charge in [-0.15, -0.1) is 0 Å². The van der Waals surface area contributed by atoms with Gasteiger partial charge in [0.15, 0.2) is 11.5 Å². The van der Waals surface area contributed by atoms with E-state index in [2.05, 4.69) is 20.6 Å². The van der Waals surface area contributed by atoms with Crippen molar-refractivity contribution >= 4 is 11.8 Å². The van der Waals surface area contributed by atoms with E-state index in [1.807, 2.05) is 32.2 Å². The number of anilines is 2. The predicted molar refractivity (Wildman–Crippen MR) is 94.6 cm³/mol. The number of nitrogens with two attached hydrogens (primary N) is 1. The maximum absolute atomic E-state index is 5.98. The van der Waals surface area contributed by atoms with Crippen molar-refractivity contribution in [2.75, 3.05) is 44.9 Å². The minimum Gasteiger partial charge on any atom is -0.493 e. The molecule has 0 aliphatic carbocycles. The van der Waals surface area contributed by atoms with Crippen LogP contribution in [-0.4, -0.2) is 43.8 Å². The van der Waals surface area contributed by atoms with Gasteiger partial charge in [0.2, 0.25) is 5.95 Å². The number of hydrogen-bond acceptors (Lipinski definition) is 7. The summed E-state index contributed by atoms with van der Waals surface area (Å²) in [6, 6.07) is 5.84. The summed E-state index contributed by atoms with van der Waals surface area (Å²) in [7, 11) is 3.46. The van der Waals surface area contributed by atoms with Gasteiger partial charge in [-0.2, -0.15) is 4.98 Å². The van der Waals surface area contributed by atoms with Crippen LogP contribution in [0.15, 0.2) is 18.2 Å². The fraction of sp³-hybridized carbons (Fsp3) is 0.412. The summed E-state index contributed by atoms with van der Waals surface area (Å²) in [6.07, 6.45) is 0. The molecule has 7 heteroatoms. The first-order valence-electron chi connectivity index (χ1n) is 7.96. The third kappa shape index (κ3) is 3.21. The van der Waals surface area contributed by atoms with Crippen molar-refractivity contribution < 1.29 is 9.47 Å². The van der Waals surface area contributed by atoms with Crippen LogP contribution < -0.4 is 25.8 Å². The molecule has 0 saturated carbocycles. The first-order chi connectivity index (χ1) is 11.6. The third-order valence-corrected chi connectivity index (χ3v) is 4.14. The zero-order valence-electron chi connectivity index (χ0n) is 14.2. The van der Waals surface area contributed by atoms with Gasteiger partial charge in [-0.05, 0) is 24.6 Å². The van der Waals surface area contributed by atoms with Crippen molar-refractivity contribution in [1.82, 2.24) is 15.3 Å². The number of aryl methyl sites for hydroxylation is 1. The van der Waals surface area contributed by atoms with E-state index in [4.69, 9.17) is 15.2 Å². The van der Waals surface area contributed by atoms with E-state index < -0.39 is 0 Å². The van der Waals surface area contributed by atoms with Crippen LogP contribution in [0.1, 0.15) is 5.69 Å². The predicted octanol–water partition coefficient (Wildman–Crippen LogP) is 1.68. The Bertz CT molecular complexity index is 731. The summed E-state index contributed by atoms with van der Waals surface area (Å²) in [4.78, 5) is 8.55. The summed E-state index contributed by atoms with van der Waals surface area (Å²) < 4.78 is 11.4. The standard InChI is InChI=1S/C17H23N5O2/c1-10-15(16(19-2)22-17(18)21-10)12-4-5-13(23-3)14(6-12)24-9-11-7-20-8-11/h4-6,11,20H,7-9H2,1-3H3,(H3,18,19,21,22). The highest BCUT2D eigenvalue weighted by Gasteiger charge is 2.19. The Morgan fingerprint density at radius 1 is 1.29 bits per heavy atom. The zero-order chi connectivity index (χ0) is 17.1. The molecule has 24 heavy (non-hydrogen) atoms. The lowest BCUT2D eigenvalue weighted by molar-refractivity contribution is 0.193. The molecule has 0 atom stereocenters. The van der Waals surface area contributed by atoms with Crippen molar-refractivity contribution in [2.24, 2.45) is 5.92 Å². The van der Waals surface area contributed by atoms with Gasteiger partial charge in [-0.1, -0.05) is 6.07 Å². The lowest BCUT2D eigenvalue weighted by Crippen LogP contribution is -2.45. The summed E-state index contributed by atoms with van der Waals surface area (Å²) >= 11 is 0. The van der Waals surface area contributed by atoms with Crippen LogP contribution in [0.3, 0.4) is 0 Å². The highest BCUT2D eigenvalue weighted by atomic mass is 16.5. The van der Waals surface area contributed by atoms with Crippen LogP contribution >= 0.6 is 0 Å². The average molecular weight is 329 g/mol. The summed E-state index contributed by atoms with van der Waals surface area (Å²) in [5.74, 6) is 2.93. The molecule has 4 N–H and O–H groups in total. The van der Waals surface area contributed by atoms with Crippen LogP contribution in [0.2, 0.25) is 0 Å². The molecular formula is C17H23N5O2. The van der Waals surface area contributed by atoms with E-state index in [-0.39, 0.29) is 5.95 Å². The number of nitrogens with one attached hydrogen (secondary N) is 2. The maximum atomic E-state index is 5.98. The van der Waals surface area contributed by atoms with Crippen molar-refractivity contribution in [2.45, 2.75) is 6.92 Å². The first-order valence-corrected chi connectivity index (χ1v) is 7.96. The second-order valence-electron chi connectivity index (χ2n) is 5.84. The van der Waals surface area contributed by atoms with Crippen molar-refractivity contribution in [1.29, 1.82) is 0 Å². The molecule has 1 saturated heterocycles. The Balaban J connectivity index is 1.96. The van der Waals surface area contributed by atoms with Crippen LogP contribution in [0.4, 0.5) is 11.8 Å². The van der Waals surface area contributed by atoms with Gasteiger partial charge in [-0.25, -0.2) is 4.98 Å². The lowest BCUT2D eigenvalue weighted by atomic mass is 10.0. The quantitative estimate of drug-likeness (QED) is 0.742. The van der Waals surface area contributed by atoms with E-state index >= 15 is 0 Å². The number of benzene rings is 1. The molecule has 3 rings (SSSR count). The normalized spacial score (nSPS) is 14.1. The molecule has 0 bridgehead atoms. The van der Waals surface area contributed by atoms with Gasteiger partial charge < -0.3 is 25.8 Å². The van der Waals surface area contributed by atoms with E-state index in [9.17, 15) is 0 Å². The fourth-order valence-corrected chi connectivity index (χ4v) is 2.74. The van der Waals surface area contributed by atoms with Gasteiger partial charge in [0.1, 0.15) is 5.82 Å². The molecule has 2 heterocycles. The Morgan fingerprint density at radius 3 is 2.71 bits per heavy atom. The number of nitrogen functional groups attached to an aromatic ring is 1. The molecule has 1 aromatic carbocycles.